The third kappa shape index (κ3) is 4.73. The molecule has 0 N–H and O–H groups in total. The van der Waals surface area contributed by atoms with Gasteiger partial charge < -0.3 is 9.47 Å². The molecule has 0 spiro atoms. The predicted octanol–water partition coefficient (Wildman–Crippen LogP) is 4.56. The summed E-state index contributed by atoms with van der Waals surface area (Å²) in [6, 6.07) is 9.14. The van der Waals surface area contributed by atoms with Gasteiger partial charge in [0.1, 0.15) is 11.5 Å². The number of hydrogen-bond donors (Lipinski definition) is 0. The lowest BCUT2D eigenvalue weighted by Gasteiger charge is -2.39. The molecule has 0 heterocycles. The zero-order chi connectivity index (χ0) is 18.4. The Morgan fingerprint density at radius 3 is 2.50 bits per heavy atom. The monoisotopic (exact) mass is 358 g/mol. The summed E-state index contributed by atoms with van der Waals surface area (Å²) in [5, 5.41) is 0. The van der Waals surface area contributed by atoms with E-state index in [0.717, 1.165) is 25.7 Å². The van der Waals surface area contributed by atoms with Crippen molar-refractivity contribution >= 4 is 11.8 Å². The number of carbonyl (C=O) groups is 2. The number of hydrogen-bond acceptors (Lipinski definition) is 4. The number of ketones is 1. The Hall–Kier alpha value is -1.68. The van der Waals surface area contributed by atoms with Gasteiger partial charge in [-0.2, -0.15) is 0 Å². The standard InChI is InChI=1S/C22H30O4/c1-25-22(16-9-4-2-5-10-16)21-17(11-8-14-19(21)23)15-20(24)26-18-12-6-3-7-13-18/h3,6-7,12-13,16-17,21-22H,2,4-5,8-11,14-15H2,1H3. The van der Waals surface area contributed by atoms with Gasteiger partial charge in [0.05, 0.1) is 6.10 Å². The molecular weight excluding hydrogens is 328 g/mol. The highest BCUT2D eigenvalue weighted by Crippen LogP contribution is 2.40. The first kappa shape index (κ1) is 19.1. The summed E-state index contributed by atoms with van der Waals surface area (Å²) in [6.07, 6.45) is 8.56. The molecule has 0 radical (unpaired) electrons. The van der Waals surface area contributed by atoms with E-state index in [1.165, 1.54) is 19.3 Å². The van der Waals surface area contributed by atoms with Crippen molar-refractivity contribution in [1.29, 1.82) is 0 Å². The molecule has 26 heavy (non-hydrogen) atoms. The van der Waals surface area contributed by atoms with Crippen LogP contribution in [0.2, 0.25) is 0 Å². The Morgan fingerprint density at radius 1 is 1.08 bits per heavy atom. The first-order valence-electron chi connectivity index (χ1n) is 10.00. The molecule has 3 rings (SSSR count). The third-order valence-electron chi connectivity index (χ3n) is 6.02. The van der Waals surface area contributed by atoms with Gasteiger partial charge >= 0.3 is 5.97 Å². The minimum absolute atomic E-state index is 0.0272. The van der Waals surface area contributed by atoms with Crippen molar-refractivity contribution in [1.82, 2.24) is 0 Å². The van der Waals surface area contributed by atoms with Gasteiger partial charge in [0, 0.05) is 25.9 Å². The zero-order valence-electron chi connectivity index (χ0n) is 15.7. The highest BCUT2D eigenvalue weighted by molar-refractivity contribution is 5.83. The van der Waals surface area contributed by atoms with Crippen LogP contribution in [0.3, 0.4) is 0 Å². The van der Waals surface area contributed by atoms with Gasteiger partial charge in [-0.15, -0.1) is 0 Å². The van der Waals surface area contributed by atoms with Crippen LogP contribution in [0, 0.1) is 17.8 Å². The molecule has 142 valence electrons. The van der Waals surface area contributed by atoms with Crippen molar-refractivity contribution < 1.29 is 19.1 Å². The molecule has 2 fully saturated rings. The van der Waals surface area contributed by atoms with Gasteiger partial charge in [0.15, 0.2) is 0 Å². The normalized spacial score (nSPS) is 25.7. The number of para-hydroxylation sites is 1. The number of ether oxygens (including phenoxy) is 2. The second kappa shape index (κ2) is 9.31. The van der Waals surface area contributed by atoms with Crippen LogP contribution < -0.4 is 4.74 Å². The van der Waals surface area contributed by atoms with Gasteiger partial charge in [-0.05, 0) is 49.7 Å². The van der Waals surface area contributed by atoms with Crippen LogP contribution in [0.15, 0.2) is 30.3 Å². The molecule has 4 nitrogen and oxygen atoms in total. The van der Waals surface area contributed by atoms with E-state index in [0.29, 0.717) is 18.1 Å². The Kier molecular flexibility index (Phi) is 6.84. The van der Waals surface area contributed by atoms with Crippen molar-refractivity contribution in [3.8, 4) is 5.75 Å². The summed E-state index contributed by atoms with van der Waals surface area (Å²) in [6.45, 7) is 0. The van der Waals surface area contributed by atoms with Gasteiger partial charge in [-0.25, -0.2) is 0 Å². The molecule has 3 unspecified atom stereocenters. The second-order valence-electron chi connectivity index (χ2n) is 7.73. The maximum absolute atomic E-state index is 12.8. The average Bonchev–Trinajstić information content (AvgIpc) is 2.66. The smallest absolute Gasteiger partial charge is 0.311 e. The molecule has 0 bridgehead atoms. The van der Waals surface area contributed by atoms with E-state index in [1.807, 2.05) is 18.2 Å². The molecule has 2 aliphatic carbocycles. The van der Waals surface area contributed by atoms with Crippen LogP contribution in [-0.2, 0) is 14.3 Å². The van der Waals surface area contributed by atoms with Crippen LogP contribution in [0.25, 0.3) is 0 Å². The van der Waals surface area contributed by atoms with Gasteiger partial charge in [-0.3, -0.25) is 9.59 Å². The minimum atomic E-state index is -0.251. The largest absolute Gasteiger partial charge is 0.427 e. The molecule has 3 atom stereocenters. The van der Waals surface area contributed by atoms with Gasteiger partial charge in [0.25, 0.3) is 0 Å². The molecular formula is C22H30O4. The minimum Gasteiger partial charge on any atom is -0.427 e. The lowest BCUT2D eigenvalue weighted by molar-refractivity contribution is -0.142. The van der Waals surface area contributed by atoms with Crippen LogP contribution in [-0.4, -0.2) is 25.0 Å². The molecule has 0 amide bonds. The van der Waals surface area contributed by atoms with E-state index in [2.05, 4.69) is 0 Å². The Labute approximate surface area is 156 Å². The molecule has 2 aliphatic rings. The van der Waals surface area contributed by atoms with Crippen molar-refractivity contribution in [2.24, 2.45) is 17.8 Å². The topological polar surface area (TPSA) is 52.6 Å². The van der Waals surface area contributed by atoms with Crippen molar-refractivity contribution in [2.45, 2.75) is 63.9 Å². The quantitative estimate of drug-likeness (QED) is 0.552. The molecule has 1 aromatic rings. The fourth-order valence-electron chi connectivity index (χ4n) is 4.80. The lowest BCUT2D eigenvalue weighted by Crippen LogP contribution is -2.44. The molecule has 4 heteroatoms. The molecule has 1 aromatic carbocycles. The number of esters is 1. The van der Waals surface area contributed by atoms with Crippen molar-refractivity contribution in [2.75, 3.05) is 7.11 Å². The van der Waals surface area contributed by atoms with E-state index in [9.17, 15) is 9.59 Å². The number of rotatable bonds is 6. The Bertz CT molecular complexity index is 591. The first-order chi connectivity index (χ1) is 12.7. The molecule has 2 saturated carbocycles. The highest BCUT2D eigenvalue weighted by Gasteiger charge is 2.42. The van der Waals surface area contributed by atoms with E-state index < -0.39 is 0 Å². The summed E-state index contributed by atoms with van der Waals surface area (Å²) in [5.74, 6) is 0.880. The molecule has 0 saturated heterocycles. The molecule has 0 aliphatic heterocycles. The number of benzene rings is 1. The van der Waals surface area contributed by atoms with Crippen LogP contribution in [0.1, 0.15) is 57.8 Å². The Morgan fingerprint density at radius 2 is 1.81 bits per heavy atom. The summed E-state index contributed by atoms with van der Waals surface area (Å²) < 4.78 is 11.3. The van der Waals surface area contributed by atoms with Crippen LogP contribution in [0.4, 0.5) is 0 Å². The van der Waals surface area contributed by atoms with E-state index in [1.54, 1.807) is 19.2 Å². The number of Topliss-reactive ketones (excluding diaryl/α,β-unsaturated/α-hetero) is 1. The zero-order valence-corrected chi connectivity index (χ0v) is 15.7. The summed E-state index contributed by atoms with van der Waals surface area (Å²) in [4.78, 5) is 25.2. The summed E-state index contributed by atoms with van der Waals surface area (Å²) in [5.41, 5.74) is 0. The summed E-state index contributed by atoms with van der Waals surface area (Å²) >= 11 is 0. The average molecular weight is 358 g/mol. The van der Waals surface area contributed by atoms with Crippen molar-refractivity contribution in [3.63, 3.8) is 0 Å². The Balaban J connectivity index is 1.68. The fourth-order valence-corrected chi connectivity index (χ4v) is 4.80. The predicted molar refractivity (Wildman–Crippen MR) is 99.9 cm³/mol. The van der Waals surface area contributed by atoms with Crippen LogP contribution in [0.5, 0.6) is 5.75 Å². The van der Waals surface area contributed by atoms with Gasteiger partial charge in [-0.1, -0.05) is 37.5 Å². The number of methoxy groups -OCH3 is 1. The highest BCUT2D eigenvalue weighted by atomic mass is 16.5. The van der Waals surface area contributed by atoms with Crippen molar-refractivity contribution in [3.05, 3.63) is 30.3 Å². The third-order valence-corrected chi connectivity index (χ3v) is 6.02. The second-order valence-corrected chi connectivity index (χ2v) is 7.73. The van der Waals surface area contributed by atoms with E-state index in [4.69, 9.17) is 9.47 Å². The fraction of sp³-hybridized carbons (Fsp3) is 0.636. The van der Waals surface area contributed by atoms with Gasteiger partial charge in [0.2, 0.25) is 0 Å². The van der Waals surface area contributed by atoms with E-state index >= 15 is 0 Å². The maximum Gasteiger partial charge on any atom is 0.311 e. The van der Waals surface area contributed by atoms with E-state index in [-0.39, 0.29) is 36.1 Å². The lowest BCUT2D eigenvalue weighted by atomic mass is 9.68. The SMILES string of the molecule is COC(C1CCCCC1)C1C(=O)CCCC1CC(=O)Oc1ccccc1. The molecule has 0 aromatic heterocycles. The first-order valence-corrected chi connectivity index (χ1v) is 10.00. The maximum atomic E-state index is 12.8. The summed E-state index contributed by atoms with van der Waals surface area (Å²) in [7, 11) is 1.72. The number of carbonyl (C=O) groups excluding carboxylic acids is 2. The van der Waals surface area contributed by atoms with Crippen LogP contribution >= 0.6 is 0 Å².